The van der Waals surface area contributed by atoms with Crippen molar-refractivity contribution in [2.45, 2.75) is 76.0 Å². The molecule has 4 atom stereocenters. The first kappa shape index (κ1) is 29.9. The summed E-state index contributed by atoms with van der Waals surface area (Å²) in [5.41, 5.74) is -2.10. The number of nitrogens with one attached hydrogen (secondary N) is 2. The summed E-state index contributed by atoms with van der Waals surface area (Å²) < 4.78 is 34.8. The molecular weight excluding hydrogens is 566 g/mol. The van der Waals surface area contributed by atoms with E-state index in [9.17, 15) is 22.8 Å². The number of carbonyl (C=O) groups is 3. The molecule has 1 amide bonds. The van der Waals surface area contributed by atoms with E-state index in [0.717, 1.165) is 24.9 Å². The zero-order valence-corrected chi connectivity index (χ0v) is 25.5. The van der Waals surface area contributed by atoms with E-state index in [1.165, 1.54) is 17.0 Å². The number of hydrogen-bond acceptors (Lipinski definition) is 7. The van der Waals surface area contributed by atoms with Gasteiger partial charge in [0.05, 0.1) is 10.9 Å². The van der Waals surface area contributed by atoms with Crippen LogP contribution in [0.15, 0.2) is 41.3 Å². The standard InChI is InChI=1S/C30H38ClN3O6S/c1-18(26(35)30(28(37)40-29(2,3)4)14-19-11-20(15-30)17-32-16-19)34-10-9-25(27(34)36)33-41(38,39)24-8-6-21-12-23(31)7-5-22(21)13-24/h5-8,12-13,18-20,25,32-33H,9-11,14-17H2,1-4H3/t18-,19?,20?,25?,30?/m0/s1. The van der Waals surface area contributed by atoms with Crippen molar-refractivity contribution < 1.29 is 27.5 Å². The van der Waals surface area contributed by atoms with Gasteiger partial charge in [0.25, 0.3) is 0 Å². The average molecular weight is 604 g/mol. The number of ether oxygens (including phenoxy) is 1. The molecule has 3 unspecified atom stereocenters. The van der Waals surface area contributed by atoms with Gasteiger partial charge in [-0.1, -0.05) is 23.7 Å². The van der Waals surface area contributed by atoms with Crippen molar-refractivity contribution in [2.75, 3.05) is 19.6 Å². The lowest BCUT2D eigenvalue weighted by atomic mass is 9.61. The number of benzene rings is 2. The van der Waals surface area contributed by atoms with Crippen LogP contribution in [0.5, 0.6) is 0 Å². The molecule has 2 aromatic rings. The number of hydrogen-bond donors (Lipinski definition) is 2. The maximum absolute atomic E-state index is 14.2. The summed E-state index contributed by atoms with van der Waals surface area (Å²) in [4.78, 5) is 42.8. The Balaban J connectivity index is 1.34. The number of Topliss-reactive ketones (excluding diaryl/α,β-unsaturated/α-hetero) is 1. The second-order valence-electron chi connectivity index (χ2n) is 12.8. The number of halogens is 1. The van der Waals surface area contributed by atoms with Crippen LogP contribution < -0.4 is 10.0 Å². The van der Waals surface area contributed by atoms with Gasteiger partial charge in [0.15, 0.2) is 5.78 Å². The molecule has 2 N–H and O–H groups in total. The maximum atomic E-state index is 14.2. The molecule has 41 heavy (non-hydrogen) atoms. The third-order valence-corrected chi connectivity index (χ3v) is 10.2. The van der Waals surface area contributed by atoms with Crippen molar-refractivity contribution in [1.82, 2.24) is 14.9 Å². The molecule has 2 aromatic carbocycles. The van der Waals surface area contributed by atoms with Crippen LogP contribution in [0.3, 0.4) is 0 Å². The Morgan fingerprint density at radius 1 is 1.10 bits per heavy atom. The molecule has 2 aliphatic heterocycles. The topological polar surface area (TPSA) is 122 Å². The molecule has 11 heteroatoms. The molecule has 222 valence electrons. The first-order valence-corrected chi connectivity index (χ1v) is 16.1. The van der Waals surface area contributed by atoms with Crippen LogP contribution >= 0.6 is 11.6 Å². The third kappa shape index (κ3) is 6.02. The minimum Gasteiger partial charge on any atom is -0.459 e. The molecule has 9 nitrogen and oxygen atoms in total. The second kappa shape index (κ2) is 10.9. The van der Waals surface area contributed by atoms with Crippen LogP contribution in [0, 0.1) is 17.3 Å². The zero-order chi connectivity index (χ0) is 29.7. The molecule has 1 saturated carbocycles. The zero-order valence-electron chi connectivity index (χ0n) is 23.9. The van der Waals surface area contributed by atoms with Crippen LogP contribution in [0.1, 0.15) is 53.4 Å². The maximum Gasteiger partial charge on any atom is 0.320 e. The smallest absolute Gasteiger partial charge is 0.320 e. The molecule has 3 fully saturated rings. The second-order valence-corrected chi connectivity index (χ2v) is 15.0. The Labute approximate surface area is 246 Å². The highest BCUT2D eigenvalue weighted by Gasteiger charge is 2.56. The first-order valence-electron chi connectivity index (χ1n) is 14.2. The number of sulfonamides is 1. The molecule has 2 bridgehead atoms. The quantitative estimate of drug-likeness (QED) is 0.366. The summed E-state index contributed by atoms with van der Waals surface area (Å²) >= 11 is 6.04. The minimum absolute atomic E-state index is 0.0360. The minimum atomic E-state index is -4.02. The van der Waals surface area contributed by atoms with Crippen LogP contribution in [-0.4, -0.2) is 68.3 Å². The Morgan fingerprint density at radius 3 is 2.39 bits per heavy atom. The van der Waals surface area contributed by atoms with Gasteiger partial charge in [-0.2, -0.15) is 4.72 Å². The molecule has 2 heterocycles. The van der Waals surface area contributed by atoms with Crippen molar-refractivity contribution in [3.05, 3.63) is 41.4 Å². The van der Waals surface area contributed by atoms with Crippen LogP contribution in [0.4, 0.5) is 0 Å². The number of amides is 1. The normalized spacial score (nSPS) is 27.6. The van der Waals surface area contributed by atoms with E-state index in [-0.39, 0.29) is 35.5 Å². The first-order chi connectivity index (χ1) is 19.2. The highest BCUT2D eigenvalue weighted by Crippen LogP contribution is 2.47. The summed E-state index contributed by atoms with van der Waals surface area (Å²) in [6, 6.07) is 7.94. The fraction of sp³-hybridized carbons (Fsp3) is 0.567. The van der Waals surface area contributed by atoms with E-state index >= 15 is 0 Å². The molecule has 5 rings (SSSR count). The van der Waals surface area contributed by atoms with Gasteiger partial charge in [-0.05, 0) is 113 Å². The molecule has 0 radical (unpaired) electrons. The van der Waals surface area contributed by atoms with Gasteiger partial charge in [0.1, 0.15) is 17.1 Å². The van der Waals surface area contributed by atoms with E-state index in [0.29, 0.717) is 23.3 Å². The fourth-order valence-corrected chi connectivity index (χ4v) is 8.15. The van der Waals surface area contributed by atoms with Gasteiger partial charge < -0.3 is 15.0 Å². The van der Waals surface area contributed by atoms with E-state index in [2.05, 4.69) is 10.0 Å². The van der Waals surface area contributed by atoms with Crippen molar-refractivity contribution in [3.63, 3.8) is 0 Å². The SMILES string of the molecule is C[C@@H](C(=O)C1(C(=O)OC(C)(C)C)CC2CNCC(C2)C1)N1CCC(NS(=O)(=O)c2ccc3cc(Cl)ccc3c2)C1=O. The van der Waals surface area contributed by atoms with Crippen molar-refractivity contribution in [1.29, 1.82) is 0 Å². The Bertz CT molecular complexity index is 1470. The number of ketones is 1. The monoisotopic (exact) mass is 603 g/mol. The molecular formula is C30H38ClN3O6S. The fourth-order valence-electron chi connectivity index (χ4n) is 6.71. The number of rotatable bonds is 7. The number of likely N-dealkylation sites (tertiary alicyclic amines) is 1. The lowest BCUT2D eigenvalue weighted by Crippen LogP contribution is -2.58. The molecule has 0 spiro atoms. The summed E-state index contributed by atoms with van der Waals surface area (Å²) in [6.07, 6.45) is 1.92. The highest BCUT2D eigenvalue weighted by atomic mass is 35.5. The van der Waals surface area contributed by atoms with E-state index in [1.807, 2.05) is 0 Å². The predicted octanol–water partition coefficient (Wildman–Crippen LogP) is 3.68. The lowest BCUT2D eigenvalue weighted by Gasteiger charge is -2.47. The van der Waals surface area contributed by atoms with E-state index in [4.69, 9.17) is 16.3 Å². The van der Waals surface area contributed by atoms with Crippen LogP contribution in [0.25, 0.3) is 10.8 Å². The van der Waals surface area contributed by atoms with Gasteiger partial charge >= 0.3 is 5.97 Å². The van der Waals surface area contributed by atoms with Crippen LogP contribution in [0.2, 0.25) is 5.02 Å². The van der Waals surface area contributed by atoms with Crippen molar-refractivity contribution in [2.24, 2.45) is 17.3 Å². The number of fused-ring (bicyclic) bond motifs is 3. The highest BCUT2D eigenvalue weighted by molar-refractivity contribution is 7.89. The van der Waals surface area contributed by atoms with Gasteiger partial charge in [-0.3, -0.25) is 14.4 Å². The summed E-state index contributed by atoms with van der Waals surface area (Å²) in [5, 5.41) is 5.45. The third-order valence-electron chi connectivity index (χ3n) is 8.54. The summed E-state index contributed by atoms with van der Waals surface area (Å²) in [6.45, 7) is 8.65. The van der Waals surface area contributed by atoms with Gasteiger partial charge in [-0.25, -0.2) is 8.42 Å². The van der Waals surface area contributed by atoms with Gasteiger partial charge in [0, 0.05) is 11.6 Å². The Hall–Kier alpha value is -2.53. The van der Waals surface area contributed by atoms with Crippen LogP contribution in [-0.2, 0) is 29.1 Å². The summed E-state index contributed by atoms with van der Waals surface area (Å²) in [5.74, 6) is -0.997. The Morgan fingerprint density at radius 2 is 1.73 bits per heavy atom. The number of piperidine rings is 1. The average Bonchev–Trinajstić information content (AvgIpc) is 3.25. The predicted molar refractivity (Wildman–Crippen MR) is 156 cm³/mol. The largest absolute Gasteiger partial charge is 0.459 e. The van der Waals surface area contributed by atoms with Crippen molar-refractivity contribution in [3.8, 4) is 0 Å². The lowest BCUT2D eigenvalue weighted by molar-refractivity contribution is -0.177. The number of nitrogens with zero attached hydrogens (tertiary/aromatic N) is 1. The van der Waals surface area contributed by atoms with Crippen molar-refractivity contribution >= 4 is 50.1 Å². The van der Waals surface area contributed by atoms with Gasteiger partial charge in [-0.15, -0.1) is 0 Å². The molecule has 3 aliphatic rings. The molecule has 2 saturated heterocycles. The number of carbonyl (C=O) groups excluding carboxylic acids is 3. The Kier molecular flexibility index (Phi) is 8.00. The molecule has 1 aliphatic carbocycles. The summed E-state index contributed by atoms with van der Waals surface area (Å²) in [7, 11) is -4.02. The van der Waals surface area contributed by atoms with E-state index < -0.39 is 45.0 Å². The number of esters is 1. The van der Waals surface area contributed by atoms with Gasteiger partial charge in [0.2, 0.25) is 15.9 Å². The van der Waals surface area contributed by atoms with E-state index in [1.54, 1.807) is 52.0 Å². The molecule has 0 aromatic heterocycles.